The van der Waals surface area contributed by atoms with E-state index in [-0.39, 0.29) is 10.6 Å². The number of halogens is 2. The van der Waals surface area contributed by atoms with E-state index in [1.807, 2.05) is 0 Å². The number of rotatable bonds is 7. The van der Waals surface area contributed by atoms with Gasteiger partial charge in [-0.3, -0.25) is 4.79 Å². The normalized spacial score (nSPS) is 10.1. The molecule has 0 aliphatic carbocycles. The van der Waals surface area contributed by atoms with Crippen molar-refractivity contribution < 1.29 is 28.5 Å². The van der Waals surface area contributed by atoms with Crippen LogP contribution in [0.3, 0.4) is 0 Å². The summed E-state index contributed by atoms with van der Waals surface area (Å²) in [4.78, 5) is 24.2. The van der Waals surface area contributed by atoms with Gasteiger partial charge in [0.1, 0.15) is 0 Å². The molecule has 7 nitrogen and oxygen atoms in total. The zero-order valence-corrected chi connectivity index (χ0v) is 16.3. The summed E-state index contributed by atoms with van der Waals surface area (Å²) in [6.07, 6.45) is 0. The summed E-state index contributed by atoms with van der Waals surface area (Å²) in [5, 5.41) is 3.24. The SMILES string of the molecule is COc1cc(C(=O)OCC(=O)Nc2ccc(Cl)cc2Cl)cc(OC)c1OC. The van der Waals surface area contributed by atoms with Crippen molar-refractivity contribution in [1.29, 1.82) is 0 Å². The fourth-order valence-electron chi connectivity index (χ4n) is 2.19. The van der Waals surface area contributed by atoms with Gasteiger partial charge in [-0.25, -0.2) is 4.79 Å². The lowest BCUT2D eigenvalue weighted by Crippen LogP contribution is -2.21. The maximum atomic E-state index is 12.3. The van der Waals surface area contributed by atoms with E-state index >= 15 is 0 Å². The van der Waals surface area contributed by atoms with Gasteiger partial charge in [0.25, 0.3) is 5.91 Å². The lowest BCUT2D eigenvalue weighted by Gasteiger charge is -2.14. The molecule has 2 aromatic carbocycles. The van der Waals surface area contributed by atoms with Crippen LogP contribution in [0.4, 0.5) is 5.69 Å². The second-order valence-electron chi connectivity index (χ2n) is 5.16. The number of nitrogens with one attached hydrogen (secondary N) is 1. The van der Waals surface area contributed by atoms with Crippen LogP contribution in [0.5, 0.6) is 17.2 Å². The highest BCUT2D eigenvalue weighted by atomic mass is 35.5. The predicted molar refractivity (Wildman–Crippen MR) is 101 cm³/mol. The largest absolute Gasteiger partial charge is 0.493 e. The predicted octanol–water partition coefficient (Wildman–Crippen LogP) is 3.81. The van der Waals surface area contributed by atoms with Crippen molar-refractivity contribution in [3.63, 3.8) is 0 Å². The quantitative estimate of drug-likeness (QED) is 0.694. The summed E-state index contributed by atoms with van der Waals surface area (Å²) >= 11 is 11.8. The third kappa shape index (κ3) is 5.18. The van der Waals surface area contributed by atoms with E-state index in [1.165, 1.54) is 39.5 Å². The number of benzene rings is 2. The summed E-state index contributed by atoms with van der Waals surface area (Å²) in [7, 11) is 4.30. The van der Waals surface area contributed by atoms with Gasteiger partial charge in [-0.1, -0.05) is 23.2 Å². The Morgan fingerprint density at radius 1 is 0.963 bits per heavy atom. The van der Waals surface area contributed by atoms with Gasteiger partial charge in [-0.15, -0.1) is 0 Å². The molecule has 0 atom stereocenters. The third-order valence-electron chi connectivity index (χ3n) is 3.44. The monoisotopic (exact) mass is 413 g/mol. The molecule has 1 N–H and O–H groups in total. The first-order valence-electron chi connectivity index (χ1n) is 7.61. The second-order valence-corrected chi connectivity index (χ2v) is 6.01. The molecule has 0 unspecified atom stereocenters. The van der Waals surface area contributed by atoms with E-state index in [2.05, 4.69) is 5.32 Å². The van der Waals surface area contributed by atoms with Crippen molar-refractivity contribution in [3.8, 4) is 17.2 Å². The standard InChI is InChI=1S/C18H17Cl2NO6/c1-24-14-6-10(7-15(25-2)17(14)26-3)18(23)27-9-16(22)21-13-5-4-11(19)8-12(13)20/h4-8H,9H2,1-3H3,(H,21,22). The molecular weight excluding hydrogens is 397 g/mol. The van der Waals surface area contributed by atoms with E-state index in [1.54, 1.807) is 12.1 Å². The van der Waals surface area contributed by atoms with Crippen molar-refractivity contribution in [1.82, 2.24) is 0 Å². The summed E-state index contributed by atoms with van der Waals surface area (Å²) in [5.41, 5.74) is 0.497. The number of ether oxygens (including phenoxy) is 4. The Bertz CT molecular complexity index is 831. The van der Waals surface area contributed by atoms with Crippen LogP contribution in [0.15, 0.2) is 30.3 Å². The first kappa shape index (κ1) is 20.7. The molecule has 0 heterocycles. The number of amides is 1. The van der Waals surface area contributed by atoms with E-state index in [0.29, 0.717) is 28.0 Å². The Balaban J connectivity index is 2.05. The van der Waals surface area contributed by atoms with Crippen LogP contribution in [-0.4, -0.2) is 39.8 Å². The Kier molecular flexibility index (Phi) is 7.15. The second kappa shape index (κ2) is 9.34. The number of hydrogen-bond donors (Lipinski definition) is 1. The molecule has 27 heavy (non-hydrogen) atoms. The number of esters is 1. The molecule has 144 valence electrons. The van der Waals surface area contributed by atoms with Gasteiger partial charge in [0.05, 0.1) is 37.6 Å². The smallest absolute Gasteiger partial charge is 0.338 e. The summed E-state index contributed by atoms with van der Waals surface area (Å²) in [6, 6.07) is 7.46. The highest BCUT2D eigenvalue weighted by Crippen LogP contribution is 2.38. The first-order chi connectivity index (χ1) is 12.9. The molecule has 0 aliphatic heterocycles. The topological polar surface area (TPSA) is 83.1 Å². The van der Waals surface area contributed by atoms with Crippen molar-refractivity contribution in [2.45, 2.75) is 0 Å². The highest BCUT2D eigenvalue weighted by Gasteiger charge is 2.19. The van der Waals surface area contributed by atoms with Gasteiger partial charge in [0.15, 0.2) is 18.1 Å². The zero-order valence-electron chi connectivity index (χ0n) is 14.8. The van der Waals surface area contributed by atoms with E-state index in [0.717, 1.165) is 0 Å². The molecule has 2 rings (SSSR count). The van der Waals surface area contributed by atoms with Crippen LogP contribution in [0.1, 0.15) is 10.4 Å². The van der Waals surface area contributed by atoms with Gasteiger partial charge in [0.2, 0.25) is 5.75 Å². The number of carbonyl (C=O) groups is 2. The third-order valence-corrected chi connectivity index (χ3v) is 3.99. The lowest BCUT2D eigenvalue weighted by molar-refractivity contribution is -0.119. The van der Waals surface area contributed by atoms with Crippen LogP contribution in [0.25, 0.3) is 0 Å². The molecule has 0 saturated heterocycles. The maximum Gasteiger partial charge on any atom is 0.338 e. The molecule has 2 aromatic rings. The number of methoxy groups -OCH3 is 3. The van der Waals surface area contributed by atoms with Gasteiger partial charge >= 0.3 is 5.97 Å². The molecule has 0 bridgehead atoms. The number of carbonyl (C=O) groups excluding carboxylic acids is 2. The van der Waals surface area contributed by atoms with Gasteiger partial charge in [-0.05, 0) is 30.3 Å². The molecule has 9 heteroatoms. The minimum atomic E-state index is -0.730. The van der Waals surface area contributed by atoms with E-state index in [9.17, 15) is 9.59 Å². The van der Waals surface area contributed by atoms with Crippen molar-refractivity contribution in [2.75, 3.05) is 33.3 Å². The lowest BCUT2D eigenvalue weighted by atomic mass is 10.2. The summed E-state index contributed by atoms with van der Waals surface area (Å²) in [5.74, 6) is -0.360. The average Bonchev–Trinajstić information content (AvgIpc) is 2.66. The fourth-order valence-corrected chi connectivity index (χ4v) is 2.65. The van der Waals surface area contributed by atoms with Crippen molar-refractivity contribution in [2.24, 2.45) is 0 Å². The fraction of sp³-hybridized carbons (Fsp3) is 0.222. The Morgan fingerprint density at radius 2 is 1.59 bits per heavy atom. The van der Waals surface area contributed by atoms with Crippen LogP contribution >= 0.6 is 23.2 Å². The number of anilines is 1. The molecule has 0 spiro atoms. The molecule has 1 amide bonds. The Hall–Kier alpha value is -2.64. The Morgan fingerprint density at radius 3 is 2.11 bits per heavy atom. The summed E-state index contributed by atoms with van der Waals surface area (Å²) < 4.78 is 20.6. The van der Waals surface area contributed by atoms with Crippen LogP contribution in [-0.2, 0) is 9.53 Å². The number of hydrogen-bond acceptors (Lipinski definition) is 6. The maximum absolute atomic E-state index is 12.3. The average molecular weight is 414 g/mol. The van der Waals surface area contributed by atoms with Crippen LogP contribution in [0.2, 0.25) is 10.0 Å². The summed E-state index contributed by atoms with van der Waals surface area (Å²) in [6.45, 7) is -0.506. The van der Waals surface area contributed by atoms with Crippen molar-refractivity contribution in [3.05, 3.63) is 45.9 Å². The van der Waals surface area contributed by atoms with Crippen molar-refractivity contribution >= 4 is 40.8 Å². The minimum absolute atomic E-state index is 0.141. The highest BCUT2D eigenvalue weighted by molar-refractivity contribution is 6.36. The molecule has 0 radical (unpaired) electrons. The zero-order chi connectivity index (χ0) is 20.0. The van der Waals surface area contributed by atoms with E-state index in [4.69, 9.17) is 42.1 Å². The molecule has 0 saturated carbocycles. The van der Waals surface area contributed by atoms with Crippen LogP contribution < -0.4 is 19.5 Å². The first-order valence-corrected chi connectivity index (χ1v) is 8.37. The van der Waals surface area contributed by atoms with E-state index < -0.39 is 18.5 Å². The Labute approximate surface area is 166 Å². The van der Waals surface area contributed by atoms with Gasteiger partial charge in [-0.2, -0.15) is 0 Å². The van der Waals surface area contributed by atoms with Gasteiger partial charge in [0, 0.05) is 5.02 Å². The molecule has 0 aliphatic rings. The minimum Gasteiger partial charge on any atom is -0.493 e. The molecular formula is C18H17Cl2NO6. The molecule has 0 aromatic heterocycles. The van der Waals surface area contributed by atoms with Crippen LogP contribution in [0, 0.1) is 0 Å². The van der Waals surface area contributed by atoms with Gasteiger partial charge < -0.3 is 24.3 Å². The molecule has 0 fully saturated rings.